The van der Waals surface area contributed by atoms with Crippen LogP contribution in [0.2, 0.25) is 0 Å². The van der Waals surface area contributed by atoms with E-state index in [9.17, 15) is 0 Å². The van der Waals surface area contributed by atoms with Crippen molar-refractivity contribution in [1.29, 1.82) is 0 Å². The molecule has 94 valence electrons. The Balaban J connectivity index is 1.72. The fourth-order valence-electron chi connectivity index (χ4n) is 2.91. The zero-order valence-corrected chi connectivity index (χ0v) is 10.6. The topological polar surface area (TPSA) is 64.9 Å². The van der Waals surface area contributed by atoms with Gasteiger partial charge in [0.05, 0.1) is 0 Å². The first-order valence-corrected chi connectivity index (χ1v) is 6.65. The van der Waals surface area contributed by atoms with Gasteiger partial charge < -0.3 is 10.3 Å². The third-order valence-electron chi connectivity index (χ3n) is 4.35. The fourth-order valence-corrected chi connectivity index (χ4v) is 2.91. The molecule has 3 atom stereocenters. The van der Waals surface area contributed by atoms with Crippen molar-refractivity contribution in [1.82, 2.24) is 10.1 Å². The third-order valence-corrected chi connectivity index (χ3v) is 4.35. The summed E-state index contributed by atoms with van der Waals surface area (Å²) in [4.78, 5) is 4.59. The van der Waals surface area contributed by atoms with E-state index < -0.39 is 0 Å². The highest BCUT2D eigenvalue weighted by atomic mass is 16.5. The number of nitrogens with two attached hydrogens (primary N) is 1. The smallest absolute Gasteiger partial charge is 0.229 e. The lowest BCUT2D eigenvalue weighted by atomic mass is 9.86. The SMILES string of the molecule is CC1(C)CC1c1noc(C2CCCC(N)C2)n1. The molecule has 0 aliphatic heterocycles. The Morgan fingerprint density at radius 1 is 1.35 bits per heavy atom. The minimum Gasteiger partial charge on any atom is -0.339 e. The van der Waals surface area contributed by atoms with E-state index in [0.717, 1.165) is 31.0 Å². The minimum atomic E-state index is 0.307. The monoisotopic (exact) mass is 235 g/mol. The van der Waals surface area contributed by atoms with Crippen LogP contribution < -0.4 is 5.73 Å². The second-order valence-corrected chi connectivity index (χ2v) is 6.36. The Bertz CT molecular complexity index is 413. The zero-order chi connectivity index (χ0) is 12.0. The molecule has 4 nitrogen and oxygen atoms in total. The van der Waals surface area contributed by atoms with Crippen molar-refractivity contribution in [2.24, 2.45) is 11.1 Å². The van der Waals surface area contributed by atoms with Gasteiger partial charge in [-0.2, -0.15) is 4.98 Å². The van der Waals surface area contributed by atoms with Crippen LogP contribution in [-0.2, 0) is 0 Å². The minimum absolute atomic E-state index is 0.307. The van der Waals surface area contributed by atoms with Crippen molar-refractivity contribution in [3.8, 4) is 0 Å². The second kappa shape index (κ2) is 3.80. The third kappa shape index (κ3) is 2.10. The van der Waals surface area contributed by atoms with Gasteiger partial charge in [0, 0.05) is 17.9 Å². The van der Waals surface area contributed by atoms with Gasteiger partial charge in [-0.3, -0.25) is 0 Å². The molecular weight excluding hydrogens is 214 g/mol. The molecule has 4 heteroatoms. The molecule has 1 heterocycles. The number of nitrogens with zero attached hydrogens (tertiary/aromatic N) is 2. The highest BCUT2D eigenvalue weighted by Crippen LogP contribution is 2.57. The largest absolute Gasteiger partial charge is 0.339 e. The lowest BCUT2D eigenvalue weighted by Gasteiger charge is -2.23. The summed E-state index contributed by atoms with van der Waals surface area (Å²) < 4.78 is 5.43. The van der Waals surface area contributed by atoms with E-state index in [-0.39, 0.29) is 0 Å². The molecule has 2 aliphatic rings. The molecule has 3 rings (SSSR count). The van der Waals surface area contributed by atoms with Crippen LogP contribution in [0.4, 0.5) is 0 Å². The van der Waals surface area contributed by atoms with E-state index in [0.29, 0.717) is 23.3 Å². The summed E-state index contributed by atoms with van der Waals surface area (Å²) in [5.41, 5.74) is 6.36. The Hall–Kier alpha value is -0.900. The molecule has 0 spiro atoms. The van der Waals surface area contributed by atoms with Crippen LogP contribution in [0, 0.1) is 5.41 Å². The van der Waals surface area contributed by atoms with Crippen LogP contribution in [0.3, 0.4) is 0 Å². The molecular formula is C13H21N3O. The highest BCUT2D eigenvalue weighted by molar-refractivity contribution is 5.15. The van der Waals surface area contributed by atoms with Gasteiger partial charge in [0.15, 0.2) is 5.82 Å². The summed E-state index contributed by atoms with van der Waals surface area (Å²) in [5, 5.41) is 4.15. The maximum atomic E-state index is 5.99. The molecule has 2 aliphatic carbocycles. The Morgan fingerprint density at radius 2 is 2.12 bits per heavy atom. The van der Waals surface area contributed by atoms with Gasteiger partial charge in [-0.1, -0.05) is 25.4 Å². The van der Waals surface area contributed by atoms with Crippen molar-refractivity contribution in [2.75, 3.05) is 0 Å². The van der Waals surface area contributed by atoms with Crippen molar-refractivity contribution in [2.45, 2.75) is 63.8 Å². The maximum Gasteiger partial charge on any atom is 0.229 e. The highest BCUT2D eigenvalue weighted by Gasteiger charge is 2.49. The first-order valence-electron chi connectivity index (χ1n) is 6.65. The maximum absolute atomic E-state index is 5.99. The van der Waals surface area contributed by atoms with Crippen molar-refractivity contribution >= 4 is 0 Å². The molecule has 1 aromatic heterocycles. The molecule has 0 aromatic carbocycles. The Kier molecular flexibility index (Phi) is 2.51. The summed E-state index contributed by atoms with van der Waals surface area (Å²) in [6, 6.07) is 0.307. The van der Waals surface area contributed by atoms with Gasteiger partial charge in [-0.05, 0) is 31.1 Å². The molecule has 2 fully saturated rings. The Labute approximate surface area is 102 Å². The first kappa shape index (κ1) is 11.2. The first-order chi connectivity index (χ1) is 8.06. The summed E-state index contributed by atoms with van der Waals surface area (Å²) in [6.45, 7) is 4.51. The molecule has 17 heavy (non-hydrogen) atoms. The molecule has 0 amide bonds. The number of aromatic nitrogens is 2. The predicted octanol–water partition coefficient (Wildman–Crippen LogP) is 2.57. The van der Waals surface area contributed by atoms with Crippen molar-refractivity contribution in [3.05, 3.63) is 11.7 Å². The van der Waals surface area contributed by atoms with Gasteiger partial charge in [-0.15, -0.1) is 0 Å². The van der Waals surface area contributed by atoms with E-state index >= 15 is 0 Å². The van der Waals surface area contributed by atoms with Crippen LogP contribution >= 0.6 is 0 Å². The van der Waals surface area contributed by atoms with E-state index in [2.05, 4.69) is 24.0 Å². The summed E-state index contributed by atoms with van der Waals surface area (Å²) in [7, 11) is 0. The van der Waals surface area contributed by atoms with Gasteiger partial charge in [0.25, 0.3) is 0 Å². The summed E-state index contributed by atoms with van der Waals surface area (Å²) >= 11 is 0. The molecule has 0 saturated heterocycles. The van der Waals surface area contributed by atoms with Crippen LogP contribution in [0.25, 0.3) is 0 Å². The number of hydrogen-bond donors (Lipinski definition) is 1. The molecule has 2 N–H and O–H groups in total. The Morgan fingerprint density at radius 3 is 2.76 bits per heavy atom. The van der Waals surface area contributed by atoms with Crippen LogP contribution in [0.15, 0.2) is 4.52 Å². The normalized spacial score (nSPS) is 35.8. The van der Waals surface area contributed by atoms with Crippen molar-refractivity contribution < 1.29 is 4.52 Å². The van der Waals surface area contributed by atoms with Gasteiger partial charge in [0.1, 0.15) is 0 Å². The fraction of sp³-hybridized carbons (Fsp3) is 0.846. The lowest BCUT2D eigenvalue weighted by Crippen LogP contribution is -2.26. The average molecular weight is 235 g/mol. The predicted molar refractivity (Wildman–Crippen MR) is 64.6 cm³/mol. The molecule has 2 saturated carbocycles. The molecule has 0 bridgehead atoms. The molecule has 1 aromatic rings. The summed E-state index contributed by atoms with van der Waals surface area (Å²) in [6.07, 6.45) is 5.63. The lowest BCUT2D eigenvalue weighted by molar-refractivity contribution is 0.297. The van der Waals surface area contributed by atoms with Gasteiger partial charge >= 0.3 is 0 Å². The van der Waals surface area contributed by atoms with Crippen LogP contribution in [0.1, 0.15) is 69.5 Å². The number of rotatable bonds is 2. The molecule has 3 unspecified atom stereocenters. The van der Waals surface area contributed by atoms with E-state index in [1.807, 2.05) is 0 Å². The van der Waals surface area contributed by atoms with E-state index in [1.165, 1.54) is 12.8 Å². The van der Waals surface area contributed by atoms with Crippen LogP contribution in [0.5, 0.6) is 0 Å². The summed E-state index contributed by atoms with van der Waals surface area (Å²) in [5.74, 6) is 2.61. The molecule has 0 radical (unpaired) electrons. The number of hydrogen-bond acceptors (Lipinski definition) is 4. The quantitative estimate of drug-likeness (QED) is 0.855. The average Bonchev–Trinajstić information content (AvgIpc) is 2.76. The van der Waals surface area contributed by atoms with Gasteiger partial charge in [0.2, 0.25) is 5.89 Å². The second-order valence-electron chi connectivity index (χ2n) is 6.36. The zero-order valence-electron chi connectivity index (χ0n) is 10.6. The van der Waals surface area contributed by atoms with Gasteiger partial charge in [-0.25, -0.2) is 0 Å². The van der Waals surface area contributed by atoms with E-state index in [1.54, 1.807) is 0 Å². The van der Waals surface area contributed by atoms with E-state index in [4.69, 9.17) is 10.3 Å². The standard InChI is InChI=1S/C13H21N3O/c1-13(2)7-10(13)11-15-12(17-16-11)8-4-3-5-9(14)6-8/h8-10H,3-7,14H2,1-2H3. The van der Waals surface area contributed by atoms with Crippen LogP contribution in [-0.4, -0.2) is 16.2 Å². The van der Waals surface area contributed by atoms with Crippen molar-refractivity contribution in [3.63, 3.8) is 0 Å².